The summed E-state index contributed by atoms with van der Waals surface area (Å²) in [5.74, 6) is 0.207. The van der Waals surface area contributed by atoms with Gasteiger partial charge >= 0.3 is 0 Å². The van der Waals surface area contributed by atoms with Crippen molar-refractivity contribution in [3.8, 4) is 5.75 Å². The number of hydrogen-bond acceptors (Lipinski definition) is 4. The number of ether oxygens (including phenoxy) is 1. The van der Waals surface area contributed by atoms with Crippen LogP contribution >= 0.6 is 0 Å². The minimum Gasteiger partial charge on any atom is -0.492 e. The Morgan fingerprint density at radius 1 is 1.27 bits per heavy atom. The van der Waals surface area contributed by atoms with Crippen molar-refractivity contribution < 1.29 is 13.9 Å². The molecular weight excluding hydrogens is 285 g/mol. The molecule has 0 bridgehead atoms. The van der Waals surface area contributed by atoms with Crippen molar-refractivity contribution >= 4 is 11.6 Å². The van der Waals surface area contributed by atoms with Gasteiger partial charge in [0.05, 0.1) is 24.8 Å². The number of nitrogens with zero attached hydrogens (tertiary/aromatic N) is 2. The van der Waals surface area contributed by atoms with Gasteiger partial charge in [0.25, 0.3) is 0 Å². The molecule has 1 amide bonds. The maximum Gasteiger partial charge on any atom is 0.228 e. The number of halogens is 1. The van der Waals surface area contributed by atoms with Crippen LogP contribution in [-0.2, 0) is 11.2 Å². The maximum absolute atomic E-state index is 12.8. The topological polar surface area (TPSA) is 68.5 Å². The Labute approximate surface area is 128 Å². The third kappa shape index (κ3) is 4.73. The molecule has 0 aliphatic carbocycles. The first-order chi connectivity index (χ1) is 10.5. The Morgan fingerprint density at radius 3 is 2.64 bits per heavy atom. The Bertz CT molecular complexity index is 614. The van der Waals surface area contributed by atoms with Crippen molar-refractivity contribution in [3.05, 3.63) is 54.1 Å². The summed E-state index contributed by atoms with van der Waals surface area (Å²) < 4.78 is 18.2. The van der Waals surface area contributed by atoms with Crippen molar-refractivity contribution in [2.45, 2.75) is 6.42 Å². The molecule has 2 N–H and O–H groups in total. The lowest BCUT2D eigenvalue weighted by molar-refractivity contribution is -0.129. The van der Waals surface area contributed by atoms with Crippen LogP contribution in [0.5, 0.6) is 5.75 Å². The third-order valence-corrected chi connectivity index (χ3v) is 3.11. The highest BCUT2D eigenvalue weighted by molar-refractivity contribution is 5.78. The van der Waals surface area contributed by atoms with Crippen molar-refractivity contribution in [1.29, 1.82) is 0 Å². The number of pyridine rings is 1. The van der Waals surface area contributed by atoms with Gasteiger partial charge in [-0.1, -0.05) is 0 Å². The first kappa shape index (κ1) is 15.8. The summed E-state index contributed by atoms with van der Waals surface area (Å²) in [5.41, 5.74) is 6.79. The SMILES string of the molecule is CN(CCOc1ccc(F)cc1)C(=O)Cc1ccc(N)cn1. The van der Waals surface area contributed by atoms with Gasteiger partial charge in [-0.3, -0.25) is 9.78 Å². The zero-order valence-corrected chi connectivity index (χ0v) is 12.3. The molecule has 0 atom stereocenters. The predicted octanol–water partition coefficient (Wildman–Crippen LogP) is 1.88. The van der Waals surface area contributed by atoms with Gasteiger partial charge in [0.2, 0.25) is 5.91 Å². The van der Waals surface area contributed by atoms with E-state index in [1.807, 2.05) is 0 Å². The van der Waals surface area contributed by atoms with E-state index < -0.39 is 0 Å². The Balaban J connectivity index is 1.76. The number of likely N-dealkylation sites (N-methyl/N-ethyl adjacent to an activating group) is 1. The number of carbonyl (C=O) groups excluding carboxylic acids is 1. The zero-order chi connectivity index (χ0) is 15.9. The highest BCUT2D eigenvalue weighted by Crippen LogP contribution is 2.11. The number of aromatic nitrogens is 1. The molecule has 0 aliphatic heterocycles. The van der Waals surface area contributed by atoms with Gasteiger partial charge in [-0.05, 0) is 36.4 Å². The van der Waals surface area contributed by atoms with Crippen molar-refractivity contribution in [2.24, 2.45) is 0 Å². The van der Waals surface area contributed by atoms with Crippen LogP contribution in [0.1, 0.15) is 5.69 Å². The van der Waals surface area contributed by atoms with Gasteiger partial charge in [0.1, 0.15) is 18.2 Å². The largest absolute Gasteiger partial charge is 0.492 e. The summed E-state index contributed by atoms with van der Waals surface area (Å²) in [4.78, 5) is 17.7. The standard InChI is InChI=1S/C16H18FN3O2/c1-20(8-9-22-15-6-2-12(17)3-7-15)16(21)10-14-5-4-13(18)11-19-14/h2-7,11H,8-10,18H2,1H3. The van der Waals surface area contributed by atoms with Crippen LogP contribution in [0, 0.1) is 5.82 Å². The summed E-state index contributed by atoms with van der Waals surface area (Å²) in [5, 5.41) is 0. The van der Waals surface area contributed by atoms with E-state index in [4.69, 9.17) is 10.5 Å². The first-order valence-corrected chi connectivity index (χ1v) is 6.87. The molecule has 0 radical (unpaired) electrons. The number of amides is 1. The highest BCUT2D eigenvalue weighted by atomic mass is 19.1. The zero-order valence-electron chi connectivity index (χ0n) is 12.3. The van der Waals surface area contributed by atoms with E-state index in [0.29, 0.717) is 30.3 Å². The Hall–Kier alpha value is -2.63. The fourth-order valence-electron chi connectivity index (χ4n) is 1.79. The number of nitrogens with two attached hydrogens (primary N) is 1. The molecule has 6 heteroatoms. The van der Waals surface area contributed by atoms with E-state index in [1.165, 1.54) is 18.3 Å². The predicted molar refractivity (Wildman–Crippen MR) is 81.9 cm³/mol. The molecule has 1 aromatic carbocycles. The second kappa shape index (κ2) is 7.40. The summed E-state index contributed by atoms with van der Waals surface area (Å²) in [7, 11) is 1.70. The van der Waals surface area contributed by atoms with Crippen molar-refractivity contribution in [2.75, 3.05) is 25.9 Å². The lowest BCUT2D eigenvalue weighted by Gasteiger charge is -2.17. The molecule has 2 rings (SSSR count). The van der Waals surface area contributed by atoms with Gasteiger partial charge in [0.15, 0.2) is 0 Å². The molecule has 2 aromatic rings. The molecule has 22 heavy (non-hydrogen) atoms. The normalized spacial score (nSPS) is 10.3. The smallest absolute Gasteiger partial charge is 0.228 e. The number of rotatable bonds is 6. The summed E-state index contributed by atoms with van der Waals surface area (Å²) in [6.45, 7) is 0.772. The molecule has 1 aromatic heterocycles. The maximum atomic E-state index is 12.8. The van der Waals surface area contributed by atoms with E-state index in [-0.39, 0.29) is 18.1 Å². The lowest BCUT2D eigenvalue weighted by Crippen LogP contribution is -2.32. The fourth-order valence-corrected chi connectivity index (χ4v) is 1.79. The molecule has 0 unspecified atom stereocenters. The van der Waals surface area contributed by atoms with Gasteiger partial charge in [0, 0.05) is 12.7 Å². The third-order valence-electron chi connectivity index (χ3n) is 3.11. The van der Waals surface area contributed by atoms with Crippen molar-refractivity contribution in [1.82, 2.24) is 9.88 Å². The molecule has 5 nitrogen and oxygen atoms in total. The van der Waals surface area contributed by atoms with E-state index in [0.717, 1.165) is 0 Å². The van der Waals surface area contributed by atoms with Crippen LogP contribution in [0.4, 0.5) is 10.1 Å². The highest BCUT2D eigenvalue weighted by Gasteiger charge is 2.10. The van der Waals surface area contributed by atoms with Crippen LogP contribution in [0.3, 0.4) is 0 Å². The van der Waals surface area contributed by atoms with Gasteiger partial charge in [-0.25, -0.2) is 4.39 Å². The number of anilines is 1. The van der Waals surface area contributed by atoms with Crippen LogP contribution in [0.15, 0.2) is 42.6 Å². The number of benzene rings is 1. The average Bonchev–Trinajstić information content (AvgIpc) is 2.51. The first-order valence-electron chi connectivity index (χ1n) is 6.87. The van der Waals surface area contributed by atoms with Crippen molar-refractivity contribution in [3.63, 3.8) is 0 Å². The minimum atomic E-state index is -0.310. The molecule has 116 valence electrons. The number of nitrogen functional groups attached to an aromatic ring is 1. The monoisotopic (exact) mass is 303 g/mol. The van der Waals surface area contributed by atoms with E-state index in [2.05, 4.69) is 4.98 Å². The molecule has 0 spiro atoms. The average molecular weight is 303 g/mol. The second-order valence-electron chi connectivity index (χ2n) is 4.88. The molecule has 0 fully saturated rings. The van der Waals surface area contributed by atoms with Crippen LogP contribution in [0.25, 0.3) is 0 Å². The molecule has 0 saturated carbocycles. The van der Waals surface area contributed by atoms with E-state index in [1.54, 1.807) is 36.2 Å². The quantitative estimate of drug-likeness (QED) is 0.884. The summed E-state index contributed by atoms with van der Waals surface area (Å²) >= 11 is 0. The fraction of sp³-hybridized carbons (Fsp3) is 0.250. The minimum absolute atomic E-state index is 0.0556. The van der Waals surface area contributed by atoms with Crippen LogP contribution in [-0.4, -0.2) is 36.0 Å². The van der Waals surface area contributed by atoms with Gasteiger partial charge < -0.3 is 15.4 Å². The molecule has 1 heterocycles. The second-order valence-corrected chi connectivity index (χ2v) is 4.88. The number of carbonyl (C=O) groups is 1. The number of hydrogen-bond donors (Lipinski definition) is 1. The van der Waals surface area contributed by atoms with Gasteiger partial charge in [-0.15, -0.1) is 0 Å². The Morgan fingerprint density at radius 2 is 2.00 bits per heavy atom. The lowest BCUT2D eigenvalue weighted by atomic mass is 10.2. The van der Waals surface area contributed by atoms with E-state index >= 15 is 0 Å². The Kier molecular flexibility index (Phi) is 5.30. The van der Waals surface area contributed by atoms with Crippen LogP contribution in [0.2, 0.25) is 0 Å². The molecule has 0 saturated heterocycles. The molecular formula is C16H18FN3O2. The summed E-state index contributed by atoms with van der Waals surface area (Å²) in [6.07, 6.45) is 1.74. The summed E-state index contributed by atoms with van der Waals surface area (Å²) in [6, 6.07) is 9.21. The molecule has 0 aliphatic rings. The van der Waals surface area contributed by atoms with E-state index in [9.17, 15) is 9.18 Å². The van der Waals surface area contributed by atoms with Crippen LogP contribution < -0.4 is 10.5 Å². The van der Waals surface area contributed by atoms with Gasteiger partial charge in [-0.2, -0.15) is 0 Å².